The highest BCUT2D eigenvalue weighted by atomic mass is 32.1. The van der Waals surface area contributed by atoms with E-state index < -0.39 is 0 Å². The monoisotopic (exact) mass is 1430 g/mol. The molecule has 0 radical (unpaired) electrons. The molecule has 0 saturated carbocycles. The zero-order valence-corrected chi connectivity index (χ0v) is 67.2. The molecule has 0 unspecified atom stereocenters. The number of fused-ring (bicyclic) bond motifs is 2. The van der Waals surface area contributed by atoms with Crippen molar-refractivity contribution in [3.8, 4) is 37.5 Å². The first-order chi connectivity index (χ1) is 51.2. The number of unbranched alkanes of at least 4 members (excludes halogenated alkanes) is 36. The Morgan fingerprint density at radius 3 is 1.09 bits per heavy atom. The lowest BCUT2D eigenvalue weighted by molar-refractivity contribution is 0.404. The van der Waals surface area contributed by atoms with Crippen LogP contribution in [0.25, 0.3) is 68.6 Å². The molecule has 10 rings (SSSR count). The highest BCUT2D eigenvalue weighted by molar-refractivity contribution is 7.18. The molecule has 0 spiro atoms. The number of nitriles is 1. The van der Waals surface area contributed by atoms with Crippen LogP contribution in [0.15, 0.2) is 131 Å². The predicted octanol–water partition coefficient (Wildman–Crippen LogP) is 31.2. The van der Waals surface area contributed by atoms with Crippen molar-refractivity contribution < 1.29 is 0 Å². The molecule has 6 nitrogen and oxygen atoms in total. The Bertz CT molecular complexity index is 3950. The standard InChI is InChI=1S/C96H130N6S2/c1-8-12-16-20-24-28-32-36-40-44-48-75(49-45-41-37-33-29-25-21-17-13-9-2)70-101-86-64-73(5)52-59-85(86)94(100-98-7)96(101)95-93(99-72-97)84-60-58-77(69-87(84)102(95)71-76(50-46-42-38-34-30-26-22-18-14-10-3)51-47-43-39-35-31-27-23-19-15-11-4)88-62-63-90(104-88)83-67-80-56-54-78-65-82(89-61-53-74(6)103-89)66-79-55-57-81(68-83)92(80)91(78)79/h52-69,75-76H,8-51,70-71H2,1-6H3/b96-95?,99-93?,100-94+. The van der Waals surface area contributed by atoms with Crippen LogP contribution in [0.2, 0.25) is 0 Å². The molecule has 0 atom stereocenters. The van der Waals surface area contributed by atoms with E-state index in [1.165, 1.54) is 357 Å². The summed E-state index contributed by atoms with van der Waals surface area (Å²) in [6.07, 6.45) is 60.3. The van der Waals surface area contributed by atoms with Gasteiger partial charge in [-0.1, -0.05) is 327 Å². The van der Waals surface area contributed by atoms with Gasteiger partial charge in [-0.15, -0.1) is 27.6 Å². The molecule has 0 amide bonds. The van der Waals surface area contributed by atoms with Crippen molar-refractivity contribution in [1.82, 2.24) is 0 Å². The fourth-order valence-corrected chi connectivity index (χ4v) is 19.2. The van der Waals surface area contributed by atoms with Gasteiger partial charge in [0, 0.05) is 43.7 Å². The molecule has 8 heteroatoms. The van der Waals surface area contributed by atoms with Crippen LogP contribution in [0.3, 0.4) is 0 Å². The summed E-state index contributed by atoms with van der Waals surface area (Å²) in [6.45, 7) is 24.0. The molecule has 0 saturated heterocycles. The highest BCUT2D eigenvalue weighted by Gasteiger charge is 2.43. The summed E-state index contributed by atoms with van der Waals surface area (Å²) in [7, 11) is 0. The summed E-state index contributed by atoms with van der Waals surface area (Å²) in [5, 5.41) is 23.9. The molecule has 0 bridgehead atoms. The second kappa shape index (κ2) is 43.9. The van der Waals surface area contributed by atoms with E-state index in [2.05, 4.69) is 172 Å². The molecule has 0 aliphatic carbocycles. The predicted molar refractivity (Wildman–Crippen MR) is 458 cm³/mol. The summed E-state index contributed by atoms with van der Waals surface area (Å²) < 4.78 is 0. The molecular weight excluding hydrogens is 1300 g/mol. The van der Waals surface area contributed by atoms with Gasteiger partial charge in [0.15, 0.2) is 5.71 Å². The Hall–Kier alpha value is -6.58. The van der Waals surface area contributed by atoms with Gasteiger partial charge in [-0.3, -0.25) is 0 Å². The van der Waals surface area contributed by atoms with E-state index in [1.54, 1.807) is 0 Å². The number of aryl methyl sites for hydroxylation is 2. The highest BCUT2D eigenvalue weighted by Crippen LogP contribution is 2.49. The molecule has 0 N–H and O–H groups in total. The summed E-state index contributed by atoms with van der Waals surface area (Å²) in [5.74, 6) is 0.871. The summed E-state index contributed by atoms with van der Waals surface area (Å²) in [6, 6.07) is 41.9. The van der Waals surface area contributed by atoms with Gasteiger partial charge in [-0.25, -0.2) is 0 Å². The molecule has 4 heterocycles. The van der Waals surface area contributed by atoms with Crippen molar-refractivity contribution in [2.75, 3.05) is 22.9 Å². The largest absolute Gasteiger partial charge is 0.337 e. The smallest absolute Gasteiger partial charge is 0.206 e. The molecule has 8 aromatic rings. The van der Waals surface area contributed by atoms with Gasteiger partial charge in [0.2, 0.25) is 6.19 Å². The van der Waals surface area contributed by atoms with Crippen molar-refractivity contribution in [3.05, 3.63) is 154 Å². The topological polar surface area (TPSA) is 59.4 Å². The lowest BCUT2D eigenvalue weighted by atomic mass is 9.91. The first-order valence-electron chi connectivity index (χ1n) is 42.6. The van der Waals surface area contributed by atoms with Crippen LogP contribution < -0.4 is 9.80 Å². The molecular formula is C96H130N6S2. The van der Waals surface area contributed by atoms with Crippen LogP contribution >= 0.6 is 22.7 Å². The van der Waals surface area contributed by atoms with Crippen LogP contribution in [-0.4, -0.2) is 24.5 Å². The van der Waals surface area contributed by atoms with E-state index in [1.807, 2.05) is 22.7 Å². The fraction of sp³-hybridized carbons (Fsp3) is 0.562. The Balaban J connectivity index is 1.01. The fourth-order valence-electron chi connectivity index (χ4n) is 17.3. The third-order valence-electron chi connectivity index (χ3n) is 23.2. The first kappa shape index (κ1) is 80.0. The Morgan fingerprint density at radius 2 is 0.712 bits per heavy atom. The van der Waals surface area contributed by atoms with Crippen molar-refractivity contribution in [3.63, 3.8) is 0 Å². The summed E-state index contributed by atoms with van der Waals surface area (Å²) in [4.78, 5) is 19.3. The Kier molecular flexibility index (Phi) is 33.8. The Labute approximate surface area is 638 Å². The molecule has 2 aliphatic heterocycles. The SMILES string of the molecule is [C-]#[N+]/N=C1/C(=C2C(=NC#N)c3ccc(-c4ccc(-c5cc6ccc7cc(-c8ccc(C)s8)cc8ccc(c5)c6c78)s4)cc3N2CC(CCCCCCCCCCCC)CCCCCCCCCCCC)N(CC(CCCCCCCCCCCC)CCCCCCCCCCCC)c2cc(C)ccc21. The molecule has 556 valence electrons. The van der Waals surface area contributed by atoms with Gasteiger partial charge in [0.1, 0.15) is 11.4 Å². The minimum absolute atomic E-state index is 0.421. The zero-order valence-electron chi connectivity index (χ0n) is 65.6. The molecule has 2 aliphatic rings. The Morgan fingerprint density at radius 1 is 0.375 bits per heavy atom. The molecule has 2 aromatic heterocycles. The molecule has 0 fully saturated rings. The van der Waals surface area contributed by atoms with Gasteiger partial charge in [0.05, 0.1) is 22.2 Å². The van der Waals surface area contributed by atoms with Crippen molar-refractivity contribution in [2.45, 2.75) is 324 Å². The van der Waals surface area contributed by atoms with E-state index in [-0.39, 0.29) is 0 Å². The van der Waals surface area contributed by atoms with E-state index in [0.717, 1.165) is 52.7 Å². The normalized spacial score (nSPS) is 14.5. The van der Waals surface area contributed by atoms with Crippen LogP contribution in [0.4, 0.5) is 11.4 Å². The van der Waals surface area contributed by atoms with Crippen LogP contribution in [0.5, 0.6) is 0 Å². The number of aliphatic imine (C=N–C) groups is 1. The zero-order chi connectivity index (χ0) is 72.5. The van der Waals surface area contributed by atoms with E-state index in [9.17, 15) is 5.26 Å². The minimum Gasteiger partial charge on any atom is -0.337 e. The van der Waals surface area contributed by atoms with Crippen LogP contribution in [0.1, 0.15) is 332 Å². The third kappa shape index (κ3) is 22.7. The maximum atomic E-state index is 11.1. The number of allylic oxidation sites excluding steroid dienone is 2. The number of hydrogen-bond donors (Lipinski definition) is 0. The van der Waals surface area contributed by atoms with Gasteiger partial charge < -0.3 is 9.80 Å². The number of anilines is 2. The van der Waals surface area contributed by atoms with Gasteiger partial charge in [-0.05, 0) is 173 Å². The minimum atomic E-state index is 0.421. The van der Waals surface area contributed by atoms with Gasteiger partial charge >= 0.3 is 0 Å². The maximum absolute atomic E-state index is 11.1. The molecule has 6 aromatic carbocycles. The average Bonchev–Trinajstić information content (AvgIpc) is 1.50. The third-order valence-corrected chi connectivity index (χ3v) is 25.5. The van der Waals surface area contributed by atoms with Crippen molar-refractivity contribution >= 4 is 77.8 Å². The summed E-state index contributed by atoms with van der Waals surface area (Å²) >= 11 is 3.74. The second-order valence-corrected chi connectivity index (χ2v) is 34.1. The van der Waals surface area contributed by atoms with Crippen LogP contribution in [0, 0.1) is 43.7 Å². The lowest BCUT2D eigenvalue weighted by Crippen LogP contribution is -2.35. The second-order valence-electron chi connectivity index (χ2n) is 31.7. The van der Waals surface area contributed by atoms with Crippen LogP contribution in [-0.2, 0) is 0 Å². The van der Waals surface area contributed by atoms with Crippen molar-refractivity contribution in [1.29, 1.82) is 5.26 Å². The van der Waals surface area contributed by atoms with E-state index in [0.29, 0.717) is 17.5 Å². The van der Waals surface area contributed by atoms with Crippen molar-refractivity contribution in [2.24, 2.45) is 21.9 Å². The average molecular weight is 1430 g/mol. The van der Waals surface area contributed by atoms with E-state index >= 15 is 0 Å². The summed E-state index contributed by atoms with van der Waals surface area (Å²) in [5.41, 5.74) is 12.5. The first-order valence-corrected chi connectivity index (χ1v) is 44.3. The number of benzene rings is 6. The van der Waals surface area contributed by atoms with Gasteiger partial charge in [-0.2, -0.15) is 16.8 Å². The number of rotatable bonds is 51. The molecule has 104 heavy (non-hydrogen) atoms. The number of nitrogens with zero attached hydrogens (tertiary/aromatic N) is 6. The van der Waals surface area contributed by atoms with Gasteiger partial charge in [0.25, 0.3) is 0 Å². The van der Waals surface area contributed by atoms with E-state index in [4.69, 9.17) is 16.7 Å². The number of hydrogen-bond acceptors (Lipinski definition) is 7. The number of thiophene rings is 2. The lowest BCUT2D eigenvalue weighted by Gasteiger charge is -2.32. The maximum Gasteiger partial charge on any atom is 0.206 e. The quantitative estimate of drug-likeness (QED) is 0.0125.